The summed E-state index contributed by atoms with van der Waals surface area (Å²) >= 11 is 5.85. The minimum Gasteiger partial charge on any atom is -0.394 e. The molecule has 5 nitrogen and oxygen atoms in total. The van der Waals surface area contributed by atoms with Gasteiger partial charge in [0.1, 0.15) is 0 Å². The monoisotopic (exact) mass is 214 g/mol. The summed E-state index contributed by atoms with van der Waals surface area (Å²) in [6.45, 7) is 2.93. The Morgan fingerprint density at radius 3 is 2.86 bits per heavy atom. The van der Waals surface area contributed by atoms with Crippen molar-refractivity contribution >= 4 is 23.1 Å². The molecule has 0 saturated carbocycles. The first-order chi connectivity index (χ1) is 6.79. The zero-order valence-electron chi connectivity index (χ0n) is 7.61. The second-order valence-electron chi connectivity index (χ2n) is 3.03. The van der Waals surface area contributed by atoms with Crippen LogP contribution in [0.4, 0.5) is 11.5 Å². The van der Waals surface area contributed by atoms with Gasteiger partial charge in [0.25, 0.3) is 0 Å². The Balaban J connectivity index is 2.26. The normalized spacial score (nSPS) is 17.1. The first kappa shape index (κ1) is 9.48. The Hall–Kier alpha value is -1.07. The number of morpholine rings is 1. The van der Waals surface area contributed by atoms with Gasteiger partial charge in [0.05, 0.1) is 30.1 Å². The third kappa shape index (κ3) is 1.73. The van der Waals surface area contributed by atoms with Gasteiger partial charge in [-0.2, -0.15) is 5.10 Å². The highest BCUT2D eigenvalue weighted by atomic mass is 35.5. The number of nitrogen functional groups attached to an aromatic ring is 1. The zero-order chi connectivity index (χ0) is 9.97. The van der Waals surface area contributed by atoms with E-state index in [1.54, 1.807) is 0 Å². The van der Waals surface area contributed by atoms with Crippen LogP contribution in [0.3, 0.4) is 0 Å². The highest BCUT2D eigenvalue weighted by Crippen LogP contribution is 2.26. The Morgan fingerprint density at radius 1 is 1.43 bits per heavy atom. The first-order valence-corrected chi connectivity index (χ1v) is 4.76. The first-order valence-electron chi connectivity index (χ1n) is 4.38. The van der Waals surface area contributed by atoms with E-state index >= 15 is 0 Å². The molecule has 1 aromatic rings. The second-order valence-corrected chi connectivity index (χ2v) is 3.44. The van der Waals surface area contributed by atoms with Gasteiger partial charge in [-0.1, -0.05) is 11.6 Å². The Bertz CT molecular complexity index is 327. The van der Waals surface area contributed by atoms with Crippen molar-refractivity contribution in [1.82, 2.24) is 10.2 Å². The van der Waals surface area contributed by atoms with Gasteiger partial charge in [0.2, 0.25) is 0 Å². The fraction of sp³-hybridized carbons (Fsp3) is 0.500. The minimum atomic E-state index is 0.446. The van der Waals surface area contributed by atoms with E-state index in [4.69, 9.17) is 22.1 Å². The van der Waals surface area contributed by atoms with Crippen molar-refractivity contribution in [2.45, 2.75) is 0 Å². The fourth-order valence-electron chi connectivity index (χ4n) is 1.37. The Morgan fingerprint density at radius 2 is 2.14 bits per heavy atom. The van der Waals surface area contributed by atoms with Crippen LogP contribution < -0.4 is 10.6 Å². The molecule has 2 rings (SSSR count). The molecule has 1 aliphatic rings. The predicted molar refractivity (Wildman–Crippen MR) is 54.5 cm³/mol. The van der Waals surface area contributed by atoms with E-state index in [0.717, 1.165) is 13.1 Å². The maximum atomic E-state index is 5.85. The number of rotatable bonds is 1. The van der Waals surface area contributed by atoms with Gasteiger partial charge in [-0.15, -0.1) is 5.10 Å². The molecule has 6 heteroatoms. The smallest absolute Gasteiger partial charge is 0.176 e. The van der Waals surface area contributed by atoms with E-state index in [2.05, 4.69) is 10.2 Å². The predicted octanol–water partition coefficient (Wildman–Crippen LogP) is 0.549. The van der Waals surface area contributed by atoms with Crippen molar-refractivity contribution in [2.75, 3.05) is 36.9 Å². The Kier molecular flexibility index (Phi) is 2.69. The van der Waals surface area contributed by atoms with E-state index in [9.17, 15) is 0 Å². The summed E-state index contributed by atoms with van der Waals surface area (Å²) in [6.07, 6.45) is 1.45. The molecule has 0 unspecified atom stereocenters. The molecule has 0 radical (unpaired) electrons. The molecular formula is C8H11ClN4O. The number of halogens is 1. The molecule has 2 heterocycles. The average Bonchev–Trinajstić information content (AvgIpc) is 2.23. The number of nitrogens with zero attached hydrogens (tertiary/aromatic N) is 3. The van der Waals surface area contributed by atoms with Crippen LogP contribution in [0.15, 0.2) is 6.20 Å². The van der Waals surface area contributed by atoms with Gasteiger partial charge in [-0.3, -0.25) is 0 Å². The highest BCUT2D eigenvalue weighted by Gasteiger charge is 2.16. The average molecular weight is 215 g/mol. The number of hydrogen-bond donors (Lipinski definition) is 1. The number of ether oxygens (including phenoxy) is 1. The maximum absolute atomic E-state index is 5.85. The number of nitrogens with two attached hydrogens (primary N) is 1. The van der Waals surface area contributed by atoms with Crippen LogP contribution in [-0.4, -0.2) is 36.5 Å². The molecular weight excluding hydrogens is 204 g/mol. The van der Waals surface area contributed by atoms with Crippen molar-refractivity contribution in [3.8, 4) is 0 Å². The molecule has 0 spiro atoms. The summed E-state index contributed by atoms with van der Waals surface area (Å²) in [7, 11) is 0. The van der Waals surface area contributed by atoms with E-state index < -0.39 is 0 Å². The summed E-state index contributed by atoms with van der Waals surface area (Å²) in [5, 5.41) is 8.20. The molecule has 1 saturated heterocycles. The maximum Gasteiger partial charge on any atom is 0.176 e. The van der Waals surface area contributed by atoms with Gasteiger partial charge >= 0.3 is 0 Å². The summed E-state index contributed by atoms with van der Waals surface area (Å²) < 4.78 is 5.23. The van der Waals surface area contributed by atoms with Crippen LogP contribution in [-0.2, 0) is 4.74 Å². The van der Waals surface area contributed by atoms with Crippen LogP contribution in [0.5, 0.6) is 0 Å². The van der Waals surface area contributed by atoms with Crippen molar-refractivity contribution in [2.24, 2.45) is 0 Å². The molecule has 0 atom stereocenters. The summed E-state index contributed by atoms with van der Waals surface area (Å²) in [6, 6.07) is 0. The molecule has 0 aliphatic carbocycles. The lowest BCUT2D eigenvalue weighted by Gasteiger charge is -2.28. The minimum absolute atomic E-state index is 0.446. The summed E-state index contributed by atoms with van der Waals surface area (Å²) in [5.74, 6) is 0.654. The van der Waals surface area contributed by atoms with Crippen LogP contribution in [0.2, 0.25) is 5.02 Å². The van der Waals surface area contributed by atoms with Crippen molar-refractivity contribution in [3.05, 3.63) is 11.2 Å². The number of aromatic nitrogens is 2. The van der Waals surface area contributed by atoms with E-state index in [1.807, 2.05) is 4.90 Å². The van der Waals surface area contributed by atoms with Gasteiger partial charge in [0, 0.05) is 13.1 Å². The second kappa shape index (κ2) is 3.98. The van der Waals surface area contributed by atoms with E-state index in [-0.39, 0.29) is 0 Å². The lowest BCUT2D eigenvalue weighted by Crippen LogP contribution is -2.37. The van der Waals surface area contributed by atoms with Gasteiger partial charge in [-0.05, 0) is 0 Å². The molecule has 1 aliphatic heterocycles. The quantitative estimate of drug-likeness (QED) is 0.740. The lowest BCUT2D eigenvalue weighted by atomic mass is 10.3. The molecule has 1 fully saturated rings. The highest BCUT2D eigenvalue weighted by molar-refractivity contribution is 6.33. The molecule has 1 aromatic heterocycles. The standard InChI is InChI=1S/C8H11ClN4O/c9-6-5-11-12-8(7(6)10)13-1-3-14-4-2-13/h5H,1-4H2,(H2,10,11). The van der Waals surface area contributed by atoms with Crippen molar-refractivity contribution in [3.63, 3.8) is 0 Å². The Labute approximate surface area is 86.8 Å². The van der Waals surface area contributed by atoms with Crippen LogP contribution >= 0.6 is 11.6 Å². The largest absolute Gasteiger partial charge is 0.394 e. The molecule has 0 aromatic carbocycles. The zero-order valence-corrected chi connectivity index (χ0v) is 8.37. The molecule has 0 amide bonds. The molecule has 14 heavy (non-hydrogen) atoms. The SMILES string of the molecule is Nc1c(Cl)cnnc1N1CCOCC1. The summed E-state index contributed by atoms with van der Waals surface area (Å²) in [4.78, 5) is 2.03. The van der Waals surface area contributed by atoms with Gasteiger partial charge < -0.3 is 15.4 Å². The van der Waals surface area contributed by atoms with E-state index in [0.29, 0.717) is 29.7 Å². The number of hydrogen-bond acceptors (Lipinski definition) is 5. The third-order valence-corrected chi connectivity index (χ3v) is 2.43. The topological polar surface area (TPSA) is 64.3 Å². The fourth-order valence-corrected chi connectivity index (χ4v) is 1.50. The third-order valence-electron chi connectivity index (χ3n) is 2.13. The number of anilines is 2. The molecule has 76 valence electrons. The molecule has 0 bridgehead atoms. The van der Waals surface area contributed by atoms with Crippen molar-refractivity contribution < 1.29 is 4.74 Å². The van der Waals surface area contributed by atoms with Crippen LogP contribution in [0.25, 0.3) is 0 Å². The van der Waals surface area contributed by atoms with Crippen LogP contribution in [0, 0.1) is 0 Å². The molecule has 2 N–H and O–H groups in total. The van der Waals surface area contributed by atoms with Gasteiger partial charge in [0.15, 0.2) is 5.82 Å². The van der Waals surface area contributed by atoms with Crippen LogP contribution in [0.1, 0.15) is 0 Å². The van der Waals surface area contributed by atoms with E-state index in [1.165, 1.54) is 6.20 Å². The van der Waals surface area contributed by atoms with Crippen molar-refractivity contribution in [1.29, 1.82) is 0 Å². The van der Waals surface area contributed by atoms with Gasteiger partial charge in [-0.25, -0.2) is 0 Å². The summed E-state index contributed by atoms with van der Waals surface area (Å²) in [5.41, 5.74) is 6.29. The lowest BCUT2D eigenvalue weighted by molar-refractivity contribution is 0.122.